The summed E-state index contributed by atoms with van der Waals surface area (Å²) in [5.74, 6) is -0.430. The highest BCUT2D eigenvalue weighted by atomic mass is 19.4. The average Bonchev–Trinajstić information content (AvgIpc) is 2.55. The van der Waals surface area contributed by atoms with Crippen molar-refractivity contribution in [2.45, 2.75) is 32.2 Å². The molecule has 1 aromatic heterocycles. The van der Waals surface area contributed by atoms with Crippen LogP contribution in [0.1, 0.15) is 31.0 Å². The Morgan fingerprint density at radius 2 is 1.83 bits per heavy atom. The van der Waals surface area contributed by atoms with Crippen molar-refractivity contribution in [3.8, 4) is 5.75 Å². The van der Waals surface area contributed by atoms with Crippen molar-refractivity contribution >= 4 is 5.91 Å². The molecule has 1 amide bonds. The van der Waals surface area contributed by atoms with E-state index in [2.05, 4.69) is 10.3 Å². The molecule has 1 N–H and O–H groups in total. The SMILES string of the molecule is C[C@H](Oc1cccc(C(F)(F)F)c1)C(=O)N[C@@H](C)c1ccncc1. The molecular weight excluding hydrogens is 321 g/mol. The summed E-state index contributed by atoms with van der Waals surface area (Å²) in [6.07, 6.45) is -2.17. The van der Waals surface area contributed by atoms with Gasteiger partial charge in [0.1, 0.15) is 5.75 Å². The van der Waals surface area contributed by atoms with Gasteiger partial charge in [-0.2, -0.15) is 13.2 Å². The smallest absolute Gasteiger partial charge is 0.416 e. The van der Waals surface area contributed by atoms with Crippen LogP contribution in [0.5, 0.6) is 5.75 Å². The second-order valence-electron chi connectivity index (χ2n) is 5.30. The summed E-state index contributed by atoms with van der Waals surface area (Å²) < 4.78 is 43.4. The Morgan fingerprint density at radius 3 is 2.46 bits per heavy atom. The van der Waals surface area contributed by atoms with Gasteiger partial charge in [-0.3, -0.25) is 9.78 Å². The van der Waals surface area contributed by atoms with Crippen LogP contribution in [0.3, 0.4) is 0 Å². The highest BCUT2D eigenvalue weighted by Crippen LogP contribution is 2.31. The topological polar surface area (TPSA) is 51.2 Å². The third-order valence-corrected chi connectivity index (χ3v) is 3.41. The number of rotatable bonds is 5. The summed E-state index contributed by atoms with van der Waals surface area (Å²) in [7, 11) is 0. The molecule has 2 atom stereocenters. The molecule has 0 aliphatic carbocycles. The number of hydrogen-bond acceptors (Lipinski definition) is 3. The molecule has 24 heavy (non-hydrogen) atoms. The van der Waals surface area contributed by atoms with E-state index in [1.54, 1.807) is 31.5 Å². The van der Waals surface area contributed by atoms with E-state index in [0.29, 0.717) is 0 Å². The lowest BCUT2D eigenvalue weighted by atomic mass is 10.1. The van der Waals surface area contributed by atoms with Gasteiger partial charge in [-0.25, -0.2) is 0 Å². The zero-order valence-corrected chi connectivity index (χ0v) is 13.2. The summed E-state index contributed by atoms with van der Waals surface area (Å²) in [6.45, 7) is 3.28. The van der Waals surface area contributed by atoms with E-state index < -0.39 is 23.8 Å². The number of amides is 1. The van der Waals surface area contributed by atoms with Crippen LogP contribution in [0, 0.1) is 0 Å². The van der Waals surface area contributed by atoms with Crippen LogP contribution in [-0.4, -0.2) is 17.0 Å². The third-order valence-electron chi connectivity index (χ3n) is 3.41. The van der Waals surface area contributed by atoms with Gasteiger partial charge in [-0.15, -0.1) is 0 Å². The quantitative estimate of drug-likeness (QED) is 0.903. The second-order valence-corrected chi connectivity index (χ2v) is 5.30. The van der Waals surface area contributed by atoms with Gasteiger partial charge in [0.25, 0.3) is 5.91 Å². The Kier molecular flexibility index (Phi) is 5.43. The molecule has 0 saturated heterocycles. The van der Waals surface area contributed by atoms with Gasteiger partial charge in [-0.05, 0) is 49.7 Å². The molecule has 0 spiro atoms. The van der Waals surface area contributed by atoms with Gasteiger partial charge in [-0.1, -0.05) is 6.07 Å². The van der Waals surface area contributed by atoms with Crippen LogP contribution in [0.4, 0.5) is 13.2 Å². The summed E-state index contributed by atoms with van der Waals surface area (Å²) in [5.41, 5.74) is 0.0439. The predicted molar refractivity (Wildman–Crippen MR) is 82.3 cm³/mol. The lowest BCUT2D eigenvalue weighted by Crippen LogP contribution is -2.37. The van der Waals surface area contributed by atoms with Crippen LogP contribution >= 0.6 is 0 Å². The average molecular weight is 338 g/mol. The first-order valence-corrected chi connectivity index (χ1v) is 7.31. The summed E-state index contributed by atoms with van der Waals surface area (Å²) >= 11 is 0. The van der Waals surface area contributed by atoms with Crippen molar-refractivity contribution in [1.29, 1.82) is 0 Å². The van der Waals surface area contributed by atoms with Crippen LogP contribution in [0.2, 0.25) is 0 Å². The predicted octanol–water partition coefficient (Wildman–Crippen LogP) is 3.75. The third kappa shape index (κ3) is 4.71. The van der Waals surface area contributed by atoms with E-state index in [9.17, 15) is 18.0 Å². The standard InChI is InChI=1S/C17H17F3N2O2/c1-11(13-6-8-21-9-7-13)22-16(23)12(2)24-15-5-3-4-14(10-15)17(18,19)20/h3-12H,1-2H3,(H,22,23)/t11-,12-/m0/s1. The maximum atomic E-state index is 12.7. The van der Waals surface area contributed by atoms with Crippen LogP contribution in [0.15, 0.2) is 48.8 Å². The van der Waals surface area contributed by atoms with Gasteiger partial charge in [0.15, 0.2) is 6.10 Å². The molecule has 7 heteroatoms. The molecule has 128 valence electrons. The maximum absolute atomic E-state index is 12.7. The Bertz CT molecular complexity index is 690. The minimum Gasteiger partial charge on any atom is -0.481 e. The van der Waals surface area contributed by atoms with Crippen LogP contribution in [0.25, 0.3) is 0 Å². The monoisotopic (exact) mass is 338 g/mol. The first-order chi connectivity index (χ1) is 11.3. The highest BCUT2D eigenvalue weighted by Gasteiger charge is 2.31. The number of nitrogens with one attached hydrogen (secondary N) is 1. The van der Waals surface area contributed by atoms with Crippen molar-refractivity contribution in [3.05, 3.63) is 59.9 Å². The Balaban J connectivity index is 1.99. The zero-order chi connectivity index (χ0) is 17.7. The molecule has 0 saturated carbocycles. The summed E-state index contributed by atoms with van der Waals surface area (Å²) in [4.78, 5) is 16.0. The number of hydrogen-bond donors (Lipinski definition) is 1. The normalized spacial score (nSPS) is 13.9. The largest absolute Gasteiger partial charge is 0.481 e. The minimum atomic E-state index is -4.46. The Labute approximate surface area is 137 Å². The van der Waals surface area contributed by atoms with Crippen molar-refractivity contribution < 1.29 is 22.7 Å². The lowest BCUT2D eigenvalue weighted by Gasteiger charge is -2.19. The van der Waals surface area contributed by atoms with Crippen molar-refractivity contribution in [1.82, 2.24) is 10.3 Å². The van der Waals surface area contributed by atoms with Gasteiger partial charge in [0.2, 0.25) is 0 Å². The first-order valence-electron chi connectivity index (χ1n) is 7.31. The Hall–Kier alpha value is -2.57. The minimum absolute atomic E-state index is 0.0101. The molecule has 2 rings (SSSR count). The molecule has 0 bridgehead atoms. The Morgan fingerprint density at radius 1 is 1.17 bits per heavy atom. The van der Waals surface area contributed by atoms with Gasteiger partial charge in [0.05, 0.1) is 11.6 Å². The fourth-order valence-corrected chi connectivity index (χ4v) is 2.07. The zero-order valence-electron chi connectivity index (χ0n) is 13.2. The van der Waals surface area contributed by atoms with Crippen molar-refractivity contribution in [2.24, 2.45) is 0 Å². The van der Waals surface area contributed by atoms with Crippen LogP contribution in [-0.2, 0) is 11.0 Å². The molecule has 0 radical (unpaired) electrons. The number of pyridine rings is 1. The van der Waals surface area contributed by atoms with Crippen LogP contribution < -0.4 is 10.1 Å². The summed E-state index contributed by atoms with van der Waals surface area (Å²) in [6, 6.07) is 7.70. The van der Waals surface area contributed by atoms with Crippen molar-refractivity contribution in [2.75, 3.05) is 0 Å². The molecule has 1 aromatic carbocycles. The summed E-state index contributed by atoms with van der Waals surface area (Å²) in [5, 5.41) is 2.75. The van der Waals surface area contributed by atoms with E-state index in [1.165, 1.54) is 19.1 Å². The number of benzene rings is 1. The molecule has 0 aliphatic heterocycles. The van der Waals surface area contributed by atoms with Crippen molar-refractivity contribution in [3.63, 3.8) is 0 Å². The fraction of sp³-hybridized carbons (Fsp3) is 0.294. The van der Waals surface area contributed by atoms with E-state index in [-0.39, 0.29) is 11.8 Å². The van der Waals surface area contributed by atoms with E-state index >= 15 is 0 Å². The number of ether oxygens (including phenoxy) is 1. The molecule has 4 nitrogen and oxygen atoms in total. The van der Waals surface area contributed by atoms with E-state index in [1.807, 2.05) is 0 Å². The molecule has 0 aliphatic rings. The number of carbonyl (C=O) groups excluding carboxylic acids is 1. The molecule has 0 fully saturated rings. The van der Waals surface area contributed by atoms with E-state index in [0.717, 1.165) is 17.7 Å². The number of alkyl halides is 3. The molecule has 0 unspecified atom stereocenters. The van der Waals surface area contributed by atoms with E-state index in [4.69, 9.17) is 4.74 Å². The second kappa shape index (κ2) is 7.33. The number of carbonyl (C=O) groups is 1. The number of halogens is 3. The van der Waals surface area contributed by atoms with Gasteiger partial charge in [0, 0.05) is 12.4 Å². The lowest BCUT2D eigenvalue weighted by molar-refractivity contribution is -0.137. The maximum Gasteiger partial charge on any atom is 0.416 e. The highest BCUT2D eigenvalue weighted by molar-refractivity contribution is 5.81. The first kappa shape index (κ1) is 17.8. The molecule has 1 heterocycles. The van der Waals surface area contributed by atoms with Gasteiger partial charge >= 0.3 is 6.18 Å². The van der Waals surface area contributed by atoms with Gasteiger partial charge < -0.3 is 10.1 Å². The number of nitrogens with zero attached hydrogens (tertiary/aromatic N) is 1. The number of aromatic nitrogens is 1. The molecular formula is C17H17F3N2O2. The fourth-order valence-electron chi connectivity index (χ4n) is 2.07. The molecule has 2 aromatic rings.